The van der Waals surface area contributed by atoms with Crippen molar-refractivity contribution in [3.8, 4) is 28.3 Å². The van der Waals surface area contributed by atoms with E-state index in [1.165, 1.54) is 17.7 Å². The number of benzene rings is 3. The van der Waals surface area contributed by atoms with E-state index in [-0.39, 0.29) is 12.2 Å². The van der Waals surface area contributed by atoms with E-state index in [0.29, 0.717) is 30.2 Å². The van der Waals surface area contributed by atoms with Crippen LogP contribution in [0.25, 0.3) is 22.5 Å². The highest BCUT2D eigenvalue weighted by Crippen LogP contribution is 2.34. The van der Waals surface area contributed by atoms with Gasteiger partial charge in [0.05, 0.1) is 24.4 Å². The number of carbonyl (C=O) groups is 1. The molecule has 1 heterocycles. The minimum absolute atomic E-state index is 0.0896. The van der Waals surface area contributed by atoms with E-state index in [0.717, 1.165) is 36.1 Å². The zero-order valence-corrected chi connectivity index (χ0v) is 19.8. The highest BCUT2D eigenvalue weighted by atomic mass is 19.1. The minimum atomic E-state index is -0.899. The molecule has 0 aliphatic carbocycles. The van der Waals surface area contributed by atoms with Gasteiger partial charge in [-0.1, -0.05) is 61.9 Å². The van der Waals surface area contributed by atoms with Crippen LogP contribution in [-0.2, 0) is 24.2 Å². The van der Waals surface area contributed by atoms with Crippen molar-refractivity contribution in [2.75, 3.05) is 6.61 Å². The summed E-state index contributed by atoms with van der Waals surface area (Å²) >= 11 is 0. The molecule has 3 aromatic carbocycles. The van der Waals surface area contributed by atoms with Gasteiger partial charge >= 0.3 is 5.97 Å². The number of rotatable bonds is 11. The van der Waals surface area contributed by atoms with Crippen LogP contribution in [0.2, 0.25) is 0 Å². The summed E-state index contributed by atoms with van der Waals surface area (Å²) in [6, 6.07) is 23.9. The third-order valence-corrected chi connectivity index (χ3v) is 5.79. The Balaban J connectivity index is 1.76. The quantitative estimate of drug-likeness (QED) is 0.256. The molecule has 0 fully saturated rings. The Morgan fingerprint density at radius 2 is 1.83 bits per heavy atom. The van der Waals surface area contributed by atoms with E-state index >= 15 is 0 Å². The molecule has 0 saturated carbocycles. The van der Waals surface area contributed by atoms with Gasteiger partial charge in [-0.15, -0.1) is 0 Å². The summed E-state index contributed by atoms with van der Waals surface area (Å²) in [5, 5.41) is 14.2. The van der Waals surface area contributed by atoms with E-state index in [2.05, 4.69) is 19.1 Å². The van der Waals surface area contributed by atoms with Gasteiger partial charge in [-0.25, -0.2) is 4.39 Å². The van der Waals surface area contributed by atoms with Crippen molar-refractivity contribution in [1.29, 1.82) is 0 Å². The van der Waals surface area contributed by atoms with E-state index in [4.69, 9.17) is 9.84 Å². The van der Waals surface area contributed by atoms with E-state index in [9.17, 15) is 14.3 Å². The first-order chi connectivity index (χ1) is 17.0. The molecule has 4 rings (SSSR count). The molecule has 1 N–H and O–H groups in total. The fourth-order valence-corrected chi connectivity index (χ4v) is 3.99. The molecule has 0 bridgehead atoms. The van der Waals surface area contributed by atoms with E-state index in [1.54, 1.807) is 12.1 Å². The molecular formula is C29H29FN2O3. The monoisotopic (exact) mass is 472 g/mol. The minimum Gasteiger partial charge on any atom is -0.493 e. The highest BCUT2D eigenvalue weighted by Gasteiger charge is 2.17. The van der Waals surface area contributed by atoms with Crippen molar-refractivity contribution in [3.63, 3.8) is 0 Å². The van der Waals surface area contributed by atoms with Crippen LogP contribution >= 0.6 is 0 Å². The topological polar surface area (TPSA) is 64.3 Å². The Morgan fingerprint density at radius 3 is 2.57 bits per heavy atom. The number of hydrogen-bond donors (Lipinski definition) is 1. The van der Waals surface area contributed by atoms with Gasteiger partial charge in [-0.3, -0.25) is 9.48 Å². The lowest BCUT2D eigenvalue weighted by molar-refractivity contribution is -0.136. The second-order valence-electron chi connectivity index (χ2n) is 8.49. The zero-order chi connectivity index (χ0) is 24.6. The summed E-state index contributed by atoms with van der Waals surface area (Å²) in [4.78, 5) is 11.3. The standard InChI is InChI=1S/C29H29FN2O3/c1-2-3-16-35-28-13-12-22(18-29(33)34)17-25(28)26-20-27(23-10-7-11-24(30)19-23)32(31-26)15-14-21-8-5-4-6-9-21/h4-13,17,19-20H,2-3,14-16,18H2,1H3,(H,33,34). The number of unbranched alkanes of at least 4 members (excludes halogenated alkanes) is 1. The fourth-order valence-electron chi connectivity index (χ4n) is 3.99. The molecule has 35 heavy (non-hydrogen) atoms. The van der Waals surface area contributed by atoms with E-state index in [1.807, 2.05) is 47.1 Å². The van der Waals surface area contributed by atoms with Gasteiger partial charge in [0.25, 0.3) is 0 Å². The normalized spacial score (nSPS) is 10.9. The summed E-state index contributed by atoms with van der Waals surface area (Å²) in [7, 11) is 0. The van der Waals surface area contributed by atoms with Crippen molar-refractivity contribution >= 4 is 5.97 Å². The Labute approximate surface area is 204 Å². The molecule has 4 aromatic rings. The number of nitrogens with zero attached hydrogens (tertiary/aromatic N) is 2. The molecule has 6 heteroatoms. The molecule has 0 amide bonds. The lowest BCUT2D eigenvalue weighted by Gasteiger charge is -2.11. The van der Waals surface area contributed by atoms with Crippen molar-refractivity contribution in [2.24, 2.45) is 0 Å². The first-order valence-corrected chi connectivity index (χ1v) is 11.9. The summed E-state index contributed by atoms with van der Waals surface area (Å²) in [5.41, 5.74) is 4.76. The van der Waals surface area contributed by atoms with Crippen molar-refractivity contribution < 1.29 is 19.0 Å². The Hall–Kier alpha value is -3.93. The Morgan fingerprint density at radius 1 is 1.00 bits per heavy atom. The molecule has 0 radical (unpaired) electrons. The van der Waals surface area contributed by atoms with Crippen LogP contribution in [0.3, 0.4) is 0 Å². The first kappa shape index (κ1) is 24.2. The second kappa shape index (κ2) is 11.5. The van der Waals surface area contributed by atoms with Gasteiger partial charge < -0.3 is 9.84 Å². The van der Waals surface area contributed by atoms with Crippen LogP contribution in [0.15, 0.2) is 78.9 Å². The number of ether oxygens (including phenoxy) is 1. The van der Waals surface area contributed by atoms with Crippen LogP contribution in [0.1, 0.15) is 30.9 Å². The van der Waals surface area contributed by atoms with Gasteiger partial charge in [-0.05, 0) is 54.3 Å². The van der Waals surface area contributed by atoms with Gasteiger partial charge in [0, 0.05) is 17.7 Å². The van der Waals surface area contributed by atoms with Crippen LogP contribution in [0.5, 0.6) is 5.75 Å². The Bertz CT molecular complexity index is 1280. The maximum atomic E-state index is 14.1. The average molecular weight is 473 g/mol. The van der Waals surface area contributed by atoms with Crippen LogP contribution in [-0.4, -0.2) is 27.5 Å². The second-order valence-corrected chi connectivity index (χ2v) is 8.49. The number of aryl methyl sites for hydroxylation is 2. The highest BCUT2D eigenvalue weighted by molar-refractivity contribution is 5.76. The summed E-state index contributed by atoms with van der Waals surface area (Å²) in [6.45, 7) is 3.27. The molecule has 0 aliphatic heterocycles. The predicted octanol–water partition coefficient (Wildman–Crippen LogP) is 6.40. The molecule has 0 unspecified atom stereocenters. The third-order valence-electron chi connectivity index (χ3n) is 5.79. The lowest BCUT2D eigenvalue weighted by atomic mass is 10.0. The maximum absolute atomic E-state index is 14.1. The summed E-state index contributed by atoms with van der Waals surface area (Å²) in [6.07, 6.45) is 2.59. The fraction of sp³-hybridized carbons (Fsp3) is 0.241. The SMILES string of the molecule is CCCCOc1ccc(CC(=O)O)cc1-c1cc(-c2cccc(F)c2)n(CCc2ccccc2)n1. The lowest BCUT2D eigenvalue weighted by Crippen LogP contribution is -2.06. The molecule has 180 valence electrons. The number of halogens is 1. The number of carboxylic acids is 1. The van der Waals surface area contributed by atoms with Gasteiger partial charge in [0.15, 0.2) is 0 Å². The number of carboxylic acid groups (broad SMARTS) is 1. The van der Waals surface area contributed by atoms with Crippen LogP contribution in [0.4, 0.5) is 4.39 Å². The van der Waals surface area contributed by atoms with Crippen molar-refractivity contribution in [2.45, 2.75) is 39.2 Å². The number of aliphatic carboxylic acids is 1. The van der Waals surface area contributed by atoms with Crippen LogP contribution in [0, 0.1) is 5.82 Å². The molecule has 5 nitrogen and oxygen atoms in total. The largest absolute Gasteiger partial charge is 0.493 e. The first-order valence-electron chi connectivity index (χ1n) is 11.9. The summed E-state index contributed by atoms with van der Waals surface area (Å²) in [5.74, 6) is -0.553. The van der Waals surface area contributed by atoms with Gasteiger partial charge in [0.1, 0.15) is 11.6 Å². The Kier molecular flexibility index (Phi) is 7.93. The molecule has 1 aromatic heterocycles. The summed E-state index contributed by atoms with van der Waals surface area (Å²) < 4.78 is 22.0. The van der Waals surface area contributed by atoms with Crippen molar-refractivity contribution in [1.82, 2.24) is 9.78 Å². The van der Waals surface area contributed by atoms with Crippen LogP contribution < -0.4 is 4.74 Å². The van der Waals surface area contributed by atoms with Crippen molar-refractivity contribution in [3.05, 3.63) is 95.8 Å². The van der Waals surface area contributed by atoms with Gasteiger partial charge in [0.2, 0.25) is 0 Å². The molecule has 0 spiro atoms. The molecule has 0 saturated heterocycles. The maximum Gasteiger partial charge on any atom is 0.307 e. The van der Waals surface area contributed by atoms with Gasteiger partial charge in [-0.2, -0.15) is 5.10 Å². The zero-order valence-electron chi connectivity index (χ0n) is 19.8. The molecular weight excluding hydrogens is 443 g/mol. The van der Waals surface area contributed by atoms with E-state index < -0.39 is 5.97 Å². The molecule has 0 atom stereocenters. The smallest absolute Gasteiger partial charge is 0.307 e. The molecule has 0 aliphatic rings. The number of hydrogen-bond acceptors (Lipinski definition) is 3. The third kappa shape index (κ3) is 6.35. The number of aromatic nitrogens is 2. The predicted molar refractivity (Wildman–Crippen MR) is 135 cm³/mol. The average Bonchev–Trinajstić information content (AvgIpc) is 3.28.